The van der Waals surface area contributed by atoms with Crippen LogP contribution >= 0.6 is 0 Å². The number of carbonyl (C=O) groups excluding carboxylic acids is 1. The van der Waals surface area contributed by atoms with Crippen molar-refractivity contribution in [3.8, 4) is 11.5 Å². The fourth-order valence-corrected chi connectivity index (χ4v) is 4.01. The molecule has 0 unspecified atom stereocenters. The Morgan fingerprint density at radius 3 is 2.37 bits per heavy atom. The summed E-state index contributed by atoms with van der Waals surface area (Å²) in [6, 6.07) is 25.4. The molecule has 0 bridgehead atoms. The average molecular weight is 397 g/mol. The van der Waals surface area contributed by atoms with Crippen molar-refractivity contribution in [2.45, 2.75) is 6.42 Å². The number of hydrogen-bond donors (Lipinski definition) is 0. The Balaban J connectivity index is 1.44. The third kappa shape index (κ3) is 3.54. The van der Waals surface area contributed by atoms with Crippen molar-refractivity contribution in [2.75, 3.05) is 26.2 Å². The van der Waals surface area contributed by atoms with Crippen LogP contribution in [0, 0.1) is 0 Å². The van der Waals surface area contributed by atoms with Crippen LogP contribution in [0.15, 0.2) is 83.9 Å². The highest BCUT2D eigenvalue weighted by molar-refractivity contribution is 6.03. The van der Waals surface area contributed by atoms with E-state index in [1.54, 1.807) is 0 Å². The van der Waals surface area contributed by atoms with Crippen molar-refractivity contribution < 1.29 is 9.53 Å². The van der Waals surface area contributed by atoms with Crippen molar-refractivity contribution in [3.05, 3.63) is 90.0 Å². The minimum absolute atomic E-state index is 0.0920. The third-order valence-corrected chi connectivity index (χ3v) is 5.54. The maximum Gasteiger partial charge on any atom is 0.253 e. The molecule has 1 fully saturated rings. The molecule has 0 atom stereocenters. The van der Waals surface area contributed by atoms with E-state index < -0.39 is 0 Å². The van der Waals surface area contributed by atoms with Gasteiger partial charge in [-0.05, 0) is 42.8 Å². The average Bonchev–Trinajstić information content (AvgIpc) is 3.14. The number of aliphatic imine (C=N–C) groups is 1. The number of carbonyl (C=O) groups is 1. The molecular weight excluding hydrogens is 374 g/mol. The van der Waals surface area contributed by atoms with E-state index in [4.69, 9.17) is 9.73 Å². The number of amides is 1. The van der Waals surface area contributed by atoms with E-state index in [9.17, 15) is 4.79 Å². The summed E-state index contributed by atoms with van der Waals surface area (Å²) in [7, 11) is 0. The van der Waals surface area contributed by atoms with E-state index in [0.717, 1.165) is 60.2 Å². The summed E-state index contributed by atoms with van der Waals surface area (Å²) < 4.78 is 6.17. The normalized spacial score (nSPS) is 15.8. The van der Waals surface area contributed by atoms with E-state index in [1.807, 2.05) is 77.7 Å². The number of benzene rings is 3. The maximum atomic E-state index is 12.9. The summed E-state index contributed by atoms with van der Waals surface area (Å²) in [5.74, 6) is 2.57. The van der Waals surface area contributed by atoms with E-state index in [2.05, 4.69) is 11.0 Å². The fourth-order valence-electron chi connectivity index (χ4n) is 4.01. The van der Waals surface area contributed by atoms with Crippen LogP contribution in [0.1, 0.15) is 22.3 Å². The quantitative estimate of drug-likeness (QED) is 0.597. The molecule has 0 aromatic heterocycles. The van der Waals surface area contributed by atoms with E-state index in [1.165, 1.54) is 0 Å². The molecule has 5 nitrogen and oxygen atoms in total. The van der Waals surface area contributed by atoms with Gasteiger partial charge in [-0.2, -0.15) is 0 Å². The van der Waals surface area contributed by atoms with Crippen molar-refractivity contribution in [1.29, 1.82) is 0 Å². The number of para-hydroxylation sites is 3. The Morgan fingerprint density at radius 2 is 1.50 bits per heavy atom. The van der Waals surface area contributed by atoms with Gasteiger partial charge in [-0.1, -0.05) is 42.5 Å². The lowest BCUT2D eigenvalue weighted by atomic mass is 10.1. The summed E-state index contributed by atoms with van der Waals surface area (Å²) in [5.41, 5.74) is 2.55. The van der Waals surface area contributed by atoms with E-state index in [-0.39, 0.29) is 5.91 Å². The van der Waals surface area contributed by atoms with Crippen LogP contribution in [0.25, 0.3) is 0 Å². The number of ether oxygens (including phenoxy) is 1. The lowest BCUT2D eigenvalue weighted by molar-refractivity contribution is 0.0764. The molecule has 2 aliphatic heterocycles. The molecule has 150 valence electrons. The highest BCUT2D eigenvalue weighted by Crippen LogP contribution is 2.37. The fraction of sp³-hybridized carbons (Fsp3) is 0.200. The predicted molar refractivity (Wildman–Crippen MR) is 118 cm³/mol. The number of hydrogen-bond acceptors (Lipinski definition) is 4. The molecular formula is C25H23N3O2. The maximum absolute atomic E-state index is 12.9. The first kappa shape index (κ1) is 18.4. The van der Waals surface area contributed by atoms with Crippen LogP contribution in [0.3, 0.4) is 0 Å². The van der Waals surface area contributed by atoms with Gasteiger partial charge in [-0.3, -0.25) is 4.79 Å². The molecule has 3 aromatic carbocycles. The van der Waals surface area contributed by atoms with Gasteiger partial charge in [0.05, 0.1) is 5.56 Å². The smallest absolute Gasteiger partial charge is 0.253 e. The van der Waals surface area contributed by atoms with Gasteiger partial charge in [-0.15, -0.1) is 0 Å². The molecule has 5 heteroatoms. The Morgan fingerprint density at radius 1 is 0.767 bits per heavy atom. The highest BCUT2D eigenvalue weighted by Gasteiger charge is 2.26. The second kappa shape index (κ2) is 8.03. The lowest BCUT2D eigenvalue weighted by Crippen LogP contribution is -2.37. The van der Waals surface area contributed by atoms with Crippen LogP contribution < -0.4 is 4.74 Å². The molecule has 30 heavy (non-hydrogen) atoms. The zero-order valence-electron chi connectivity index (χ0n) is 16.7. The van der Waals surface area contributed by atoms with Crippen LogP contribution in [0.2, 0.25) is 0 Å². The van der Waals surface area contributed by atoms with Crippen LogP contribution in [-0.2, 0) is 0 Å². The number of rotatable bonds is 1. The first-order valence-electron chi connectivity index (χ1n) is 10.3. The van der Waals surface area contributed by atoms with Crippen LogP contribution in [0.5, 0.6) is 11.5 Å². The Bertz CT molecular complexity index is 1090. The minimum atomic E-state index is 0.0920. The Labute approximate surface area is 176 Å². The van der Waals surface area contributed by atoms with E-state index >= 15 is 0 Å². The highest BCUT2D eigenvalue weighted by atomic mass is 16.5. The van der Waals surface area contributed by atoms with Crippen molar-refractivity contribution in [3.63, 3.8) is 0 Å². The summed E-state index contributed by atoms with van der Waals surface area (Å²) in [6.45, 7) is 2.98. The summed E-state index contributed by atoms with van der Waals surface area (Å²) in [6.07, 6.45) is 0.891. The van der Waals surface area contributed by atoms with Gasteiger partial charge >= 0.3 is 0 Å². The SMILES string of the molecule is O=C(c1ccccc1)N1CCCN(C2=Nc3ccccc3Oc3ccccc32)CC1. The van der Waals surface area contributed by atoms with Gasteiger partial charge < -0.3 is 14.5 Å². The van der Waals surface area contributed by atoms with Crippen LogP contribution in [0.4, 0.5) is 5.69 Å². The second-order valence-electron chi connectivity index (χ2n) is 7.50. The zero-order chi connectivity index (χ0) is 20.3. The molecule has 2 aliphatic rings. The first-order chi connectivity index (χ1) is 14.8. The molecule has 0 spiro atoms. The van der Waals surface area contributed by atoms with Crippen molar-refractivity contribution in [1.82, 2.24) is 9.80 Å². The summed E-state index contributed by atoms with van der Waals surface area (Å²) in [4.78, 5) is 22.1. The monoisotopic (exact) mass is 397 g/mol. The number of fused-ring (bicyclic) bond motifs is 2. The first-order valence-corrected chi connectivity index (χ1v) is 10.3. The molecule has 0 radical (unpaired) electrons. The molecule has 0 saturated carbocycles. The largest absolute Gasteiger partial charge is 0.454 e. The van der Waals surface area contributed by atoms with Gasteiger partial charge in [0.1, 0.15) is 17.3 Å². The van der Waals surface area contributed by atoms with Gasteiger partial charge in [-0.25, -0.2) is 4.99 Å². The Hall–Kier alpha value is -3.60. The molecule has 2 heterocycles. The molecule has 5 rings (SSSR count). The van der Waals surface area contributed by atoms with Gasteiger partial charge in [0.2, 0.25) is 0 Å². The molecule has 0 N–H and O–H groups in total. The second-order valence-corrected chi connectivity index (χ2v) is 7.50. The van der Waals surface area contributed by atoms with Crippen LogP contribution in [-0.4, -0.2) is 47.7 Å². The van der Waals surface area contributed by atoms with Gasteiger partial charge in [0, 0.05) is 31.7 Å². The van der Waals surface area contributed by atoms with Crippen molar-refractivity contribution in [2.24, 2.45) is 4.99 Å². The minimum Gasteiger partial charge on any atom is -0.454 e. The molecule has 0 aliphatic carbocycles. The topological polar surface area (TPSA) is 45.1 Å². The third-order valence-electron chi connectivity index (χ3n) is 5.54. The molecule has 3 aromatic rings. The van der Waals surface area contributed by atoms with Gasteiger partial charge in [0.15, 0.2) is 5.75 Å². The number of amidine groups is 1. The number of nitrogens with zero attached hydrogens (tertiary/aromatic N) is 3. The van der Waals surface area contributed by atoms with Gasteiger partial charge in [0.25, 0.3) is 5.91 Å². The summed E-state index contributed by atoms with van der Waals surface area (Å²) in [5, 5.41) is 0. The lowest BCUT2D eigenvalue weighted by Gasteiger charge is -2.25. The summed E-state index contributed by atoms with van der Waals surface area (Å²) >= 11 is 0. The standard InChI is InChI=1S/C25H23N3O2/c29-25(19-9-2-1-3-10-19)28-16-8-15-27(17-18-28)24-20-11-4-6-13-22(20)30-23-14-7-5-12-21(23)26-24/h1-7,9-14H,8,15-18H2. The molecule has 1 amide bonds. The zero-order valence-corrected chi connectivity index (χ0v) is 16.7. The Kier molecular flexibility index (Phi) is 4.93. The van der Waals surface area contributed by atoms with E-state index in [0.29, 0.717) is 6.54 Å². The predicted octanol–water partition coefficient (Wildman–Crippen LogP) is 4.72. The molecule has 1 saturated heterocycles. The van der Waals surface area contributed by atoms with Crippen molar-refractivity contribution >= 4 is 17.4 Å².